The summed E-state index contributed by atoms with van der Waals surface area (Å²) in [5.74, 6) is -0.185. The lowest BCUT2D eigenvalue weighted by Crippen LogP contribution is -1.93. The lowest BCUT2D eigenvalue weighted by atomic mass is 10.1. The van der Waals surface area contributed by atoms with E-state index in [9.17, 15) is 4.39 Å². The molecule has 0 aliphatic heterocycles. The number of halogens is 1. The molecule has 0 amide bonds. The first-order valence-corrected chi connectivity index (χ1v) is 5.09. The van der Waals surface area contributed by atoms with Gasteiger partial charge in [-0.1, -0.05) is 0 Å². The molecule has 3 heteroatoms. The highest BCUT2D eigenvalue weighted by molar-refractivity contribution is 5.81. The number of hydrogen-bond donors (Lipinski definition) is 2. The maximum Gasteiger partial charge on any atom is 0.127 e. The van der Waals surface area contributed by atoms with Crippen LogP contribution in [0.2, 0.25) is 0 Å². The summed E-state index contributed by atoms with van der Waals surface area (Å²) in [5, 5.41) is 9.61. The summed E-state index contributed by atoms with van der Waals surface area (Å²) >= 11 is 0. The standard InChI is InChI=1S/C12H14FNO/c1-8-5-10-6-11(13)9(3-2-4-15)7-12(10)14-8/h5-7,14-15H,2-4H2,1H3. The van der Waals surface area contributed by atoms with Gasteiger partial charge >= 0.3 is 0 Å². The number of hydrogen-bond acceptors (Lipinski definition) is 1. The highest BCUT2D eigenvalue weighted by Gasteiger charge is 2.06. The van der Waals surface area contributed by atoms with E-state index in [0.717, 1.165) is 16.6 Å². The van der Waals surface area contributed by atoms with Gasteiger partial charge in [0, 0.05) is 23.2 Å². The van der Waals surface area contributed by atoms with Crippen molar-refractivity contribution in [1.29, 1.82) is 0 Å². The van der Waals surface area contributed by atoms with Crippen LogP contribution in [-0.2, 0) is 6.42 Å². The zero-order chi connectivity index (χ0) is 10.8. The van der Waals surface area contributed by atoms with E-state index in [4.69, 9.17) is 5.11 Å². The van der Waals surface area contributed by atoms with Crippen LogP contribution in [0.1, 0.15) is 17.7 Å². The normalized spacial score (nSPS) is 11.1. The molecule has 80 valence electrons. The van der Waals surface area contributed by atoms with Crippen LogP contribution in [0.25, 0.3) is 10.9 Å². The summed E-state index contributed by atoms with van der Waals surface area (Å²) in [5.41, 5.74) is 2.66. The molecule has 1 heterocycles. The first kappa shape index (κ1) is 10.2. The number of H-pyrrole nitrogens is 1. The summed E-state index contributed by atoms with van der Waals surface area (Å²) < 4.78 is 13.6. The quantitative estimate of drug-likeness (QED) is 0.797. The average Bonchev–Trinajstić information content (AvgIpc) is 2.53. The Labute approximate surface area is 87.7 Å². The first-order chi connectivity index (χ1) is 7.20. The van der Waals surface area contributed by atoms with Crippen molar-refractivity contribution in [1.82, 2.24) is 4.98 Å². The SMILES string of the molecule is Cc1cc2cc(F)c(CCCO)cc2[nH]1. The van der Waals surface area contributed by atoms with Crippen molar-refractivity contribution in [2.45, 2.75) is 19.8 Å². The Hall–Kier alpha value is -1.35. The van der Waals surface area contributed by atoms with Crippen molar-refractivity contribution < 1.29 is 9.50 Å². The highest BCUT2D eigenvalue weighted by atomic mass is 19.1. The van der Waals surface area contributed by atoms with E-state index in [2.05, 4.69) is 4.98 Å². The Morgan fingerprint density at radius 2 is 2.13 bits per heavy atom. The zero-order valence-electron chi connectivity index (χ0n) is 8.68. The summed E-state index contributed by atoms with van der Waals surface area (Å²) in [4.78, 5) is 3.17. The molecule has 1 aromatic carbocycles. The third-order valence-corrected chi connectivity index (χ3v) is 2.53. The Balaban J connectivity index is 2.42. The maximum absolute atomic E-state index is 13.6. The van der Waals surface area contributed by atoms with Crippen molar-refractivity contribution >= 4 is 10.9 Å². The monoisotopic (exact) mass is 207 g/mol. The van der Waals surface area contributed by atoms with Gasteiger partial charge in [-0.3, -0.25) is 0 Å². The molecular weight excluding hydrogens is 193 g/mol. The molecule has 2 aromatic rings. The van der Waals surface area contributed by atoms with Crippen LogP contribution >= 0.6 is 0 Å². The number of nitrogens with one attached hydrogen (secondary N) is 1. The fourth-order valence-electron chi connectivity index (χ4n) is 1.80. The van der Waals surface area contributed by atoms with Gasteiger partial charge in [0.1, 0.15) is 5.82 Å². The molecular formula is C12H14FNO. The molecule has 2 rings (SSSR count). The minimum atomic E-state index is -0.185. The fraction of sp³-hybridized carbons (Fsp3) is 0.333. The number of aryl methyl sites for hydroxylation is 2. The highest BCUT2D eigenvalue weighted by Crippen LogP contribution is 2.20. The van der Waals surface area contributed by atoms with E-state index in [-0.39, 0.29) is 12.4 Å². The van der Waals surface area contributed by atoms with E-state index < -0.39 is 0 Å². The van der Waals surface area contributed by atoms with Gasteiger partial charge in [-0.25, -0.2) is 4.39 Å². The molecule has 15 heavy (non-hydrogen) atoms. The second-order valence-corrected chi connectivity index (χ2v) is 3.81. The second-order valence-electron chi connectivity index (χ2n) is 3.81. The van der Waals surface area contributed by atoms with Gasteiger partial charge in [0.15, 0.2) is 0 Å². The Bertz CT molecular complexity index is 476. The van der Waals surface area contributed by atoms with Crippen molar-refractivity contribution in [3.8, 4) is 0 Å². The number of aliphatic hydroxyl groups is 1. The van der Waals surface area contributed by atoms with Crippen molar-refractivity contribution in [2.24, 2.45) is 0 Å². The van der Waals surface area contributed by atoms with Crippen LogP contribution in [0.15, 0.2) is 18.2 Å². The van der Waals surface area contributed by atoms with Crippen LogP contribution < -0.4 is 0 Å². The van der Waals surface area contributed by atoms with Gasteiger partial charge in [-0.05, 0) is 43.5 Å². The van der Waals surface area contributed by atoms with E-state index in [0.29, 0.717) is 18.4 Å². The van der Waals surface area contributed by atoms with Crippen LogP contribution in [0, 0.1) is 12.7 Å². The van der Waals surface area contributed by atoms with Gasteiger partial charge in [-0.2, -0.15) is 0 Å². The summed E-state index contributed by atoms with van der Waals surface area (Å²) in [6.45, 7) is 2.05. The largest absolute Gasteiger partial charge is 0.396 e. The minimum absolute atomic E-state index is 0.0984. The lowest BCUT2D eigenvalue weighted by Gasteiger charge is -2.02. The number of rotatable bonds is 3. The molecule has 2 N–H and O–H groups in total. The van der Waals surface area contributed by atoms with Crippen LogP contribution in [-0.4, -0.2) is 16.7 Å². The summed E-state index contributed by atoms with van der Waals surface area (Å²) in [6, 6.07) is 5.30. The molecule has 0 saturated carbocycles. The van der Waals surface area contributed by atoms with E-state index in [1.165, 1.54) is 0 Å². The van der Waals surface area contributed by atoms with Crippen molar-refractivity contribution in [3.05, 3.63) is 35.3 Å². The Morgan fingerprint density at radius 3 is 2.87 bits per heavy atom. The first-order valence-electron chi connectivity index (χ1n) is 5.09. The number of aliphatic hydroxyl groups excluding tert-OH is 1. The molecule has 0 unspecified atom stereocenters. The molecule has 0 bridgehead atoms. The van der Waals surface area contributed by atoms with Crippen molar-refractivity contribution in [2.75, 3.05) is 6.61 Å². The van der Waals surface area contributed by atoms with Crippen LogP contribution in [0.4, 0.5) is 4.39 Å². The summed E-state index contributed by atoms with van der Waals surface area (Å²) in [6.07, 6.45) is 1.18. The molecule has 0 spiro atoms. The number of aromatic amines is 1. The predicted molar refractivity (Wildman–Crippen MR) is 58.4 cm³/mol. The van der Waals surface area contributed by atoms with Gasteiger partial charge in [0.2, 0.25) is 0 Å². The zero-order valence-corrected chi connectivity index (χ0v) is 8.68. The topological polar surface area (TPSA) is 36.0 Å². The van der Waals surface area contributed by atoms with Crippen molar-refractivity contribution in [3.63, 3.8) is 0 Å². The molecule has 0 aliphatic carbocycles. The average molecular weight is 207 g/mol. The number of aromatic nitrogens is 1. The Morgan fingerprint density at radius 1 is 1.33 bits per heavy atom. The van der Waals surface area contributed by atoms with Gasteiger partial charge in [-0.15, -0.1) is 0 Å². The Kier molecular flexibility index (Phi) is 2.73. The van der Waals surface area contributed by atoms with Crippen LogP contribution in [0.3, 0.4) is 0 Å². The third kappa shape index (κ3) is 2.02. The maximum atomic E-state index is 13.6. The van der Waals surface area contributed by atoms with E-state index in [1.54, 1.807) is 6.07 Å². The number of benzene rings is 1. The smallest absolute Gasteiger partial charge is 0.127 e. The van der Waals surface area contributed by atoms with E-state index in [1.807, 2.05) is 19.1 Å². The molecule has 2 nitrogen and oxygen atoms in total. The van der Waals surface area contributed by atoms with Crippen LogP contribution in [0.5, 0.6) is 0 Å². The molecule has 0 radical (unpaired) electrons. The van der Waals surface area contributed by atoms with Gasteiger partial charge in [0.25, 0.3) is 0 Å². The number of fused-ring (bicyclic) bond motifs is 1. The fourth-order valence-corrected chi connectivity index (χ4v) is 1.80. The predicted octanol–water partition coefficient (Wildman–Crippen LogP) is 2.54. The molecule has 0 aliphatic rings. The van der Waals surface area contributed by atoms with E-state index >= 15 is 0 Å². The minimum Gasteiger partial charge on any atom is -0.396 e. The van der Waals surface area contributed by atoms with Gasteiger partial charge < -0.3 is 10.1 Å². The summed E-state index contributed by atoms with van der Waals surface area (Å²) in [7, 11) is 0. The molecule has 0 fully saturated rings. The van der Waals surface area contributed by atoms with Gasteiger partial charge in [0.05, 0.1) is 0 Å². The molecule has 0 atom stereocenters. The second kappa shape index (κ2) is 4.03. The molecule has 0 saturated heterocycles. The lowest BCUT2D eigenvalue weighted by molar-refractivity contribution is 0.288. The third-order valence-electron chi connectivity index (χ3n) is 2.53. The molecule has 1 aromatic heterocycles.